The predicted octanol–water partition coefficient (Wildman–Crippen LogP) is -0.300. The second-order valence-electron chi connectivity index (χ2n) is 0.967. The molecule has 0 aliphatic carbocycles. The van der Waals surface area contributed by atoms with Crippen LogP contribution in [0.15, 0.2) is 17.1 Å². The monoisotopic (exact) mass is 198 g/mol. The third kappa shape index (κ3) is 1.91. The van der Waals surface area contributed by atoms with E-state index < -0.39 is 0 Å². The Morgan fingerprint density at radius 3 is 2.43 bits per heavy atom. The van der Waals surface area contributed by atoms with E-state index in [-0.39, 0.29) is 32.9 Å². The normalized spacial score (nSPS) is 7.43. The molecule has 0 aliphatic rings. The van der Waals surface area contributed by atoms with Crippen LogP contribution in [-0.2, 0) is 27.3 Å². The van der Waals surface area contributed by atoms with Crippen molar-refractivity contribution in [1.82, 2.24) is 10.2 Å². The quantitative estimate of drug-likeness (QED) is 0.550. The van der Waals surface area contributed by atoms with Crippen molar-refractivity contribution in [1.29, 1.82) is 0 Å². The molecule has 0 aliphatic heterocycles. The topological polar surface area (TPSA) is 48.6 Å². The van der Waals surface area contributed by atoms with Gasteiger partial charge in [-0.15, -0.1) is 0 Å². The molecule has 0 saturated carbocycles. The first-order valence-electron chi connectivity index (χ1n) is 1.61. The minimum atomic E-state index is -0.0880. The first kappa shape index (κ1) is 6.93. The largest absolute Gasteiger partial charge is 0.305 e. The van der Waals surface area contributed by atoms with E-state index in [1.165, 1.54) is 6.07 Å². The Morgan fingerprint density at radius 2 is 2.29 bits per heavy atom. The van der Waals surface area contributed by atoms with Crippen LogP contribution in [0, 0.1) is 0 Å². The van der Waals surface area contributed by atoms with Gasteiger partial charge in [-0.25, -0.2) is 0 Å². The summed E-state index contributed by atoms with van der Waals surface area (Å²) < 4.78 is 0. The minimum Gasteiger partial charge on any atom is -0.305 e. The van der Waals surface area contributed by atoms with Crippen molar-refractivity contribution >= 4 is 0 Å². The van der Waals surface area contributed by atoms with E-state index in [0.717, 1.165) is 0 Å². The summed E-state index contributed by atoms with van der Waals surface area (Å²) >= 11 is 0. The van der Waals surface area contributed by atoms with Gasteiger partial charge in [-0.3, -0.25) is 9.89 Å². The molecule has 1 aromatic rings. The Kier molecular flexibility index (Phi) is 2.97. The zero-order valence-electron chi connectivity index (χ0n) is 3.77. The molecule has 0 bridgehead atoms. The van der Waals surface area contributed by atoms with Crippen LogP contribution in [0.25, 0.3) is 0 Å². The second kappa shape index (κ2) is 3.00. The van der Waals surface area contributed by atoms with Crippen molar-refractivity contribution in [3.05, 3.63) is 22.6 Å². The summed E-state index contributed by atoms with van der Waals surface area (Å²) in [4.78, 5) is 9.98. The van der Waals surface area contributed by atoms with Crippen LogP contribution in [-0.4, -0.2) is 10.2 Å². The zero-order chi connectivity index (χ0) is 4.41. The van der Waals surface area contributed by atoms with Gasteiger partial charge in [-0.2, -0.15) is 0 Å². The van der Waals surface area contributed by atoms with Gasteiger partial charge in [-0.05, 0) is 0 Å². The van der Waals surface area contributed by atoms with Gasteiger partial charge in [-0.1, -0.05) is 0 Å². The van der Waals surface area contributed by atoms with Gasteiger partial charge in [0.15, 0.2) is 0 Å². The summed E-state index contributed by atoms with van der Waals surface area (Å²) in [5.41, 5.74) is -0.0880. The van der Waals surface area contributed by atoms with Crippen LogP contribution >= 0.6 is 0 Å². The number of hydrogen-bond acceptors (Lipinski definition) is 1. The summed E-state index contributed by atoms with van der Waals surface area (Å²) in [6.45, 7) is 0. The van der Waals surface area contributed by atoms with Crippen molar-refractivity contribution in [3.63, 3.8) is 0 Å². The Bertz CT molecular complexity index is 151. The molecular weight excluding hydrogens is 192 g/mol. The maximum Gasteiger partial charge on any atom is 0.263 e. The fourth-order valence-electron chi connectivity index (χ4n) is 0.272. The summed E-state index contributed by atoms with van der Waals surface area (Å²) in [6, 6.07) is 1.42. The summed E-state index contributed by atoms with van der Waals surface area (Å²) in [5, 5.41) is 4.81. The molecule has 1 aromatic heterocycles. The number of rotatable bonds is 0. The number of hydrogen-bond donors (Lipinski definition) is 2. The number of aromatic amines is 2. The number of nitrogens with one attached hydrogen (secondary N) is 2. The standard InChI is InChI=1S/C3H4N2O.Cd/c6-3-1-2-4-5-3;/h1-2H,(H2,4,5,6);. The van der Waals surface area contributed by atoms with E-state index in [1.807, 2.05) is 0 Å². The molecule has 0 amide bonds. The van der Waals surface area contributed by atoms with Crippen molar-refractivity contribution in [3.8, 4) is 0 Å². The van der Waals surface area contributed by atoms with E-state index in [2.05, 4.69) is 10.2 Å². The smallest absolute Gasteiger partial charge is 0.263 e. The summed E-state index contributed by atoms with van der Waals surface area (Å²) in [6.07, 6.45) is 1.54. The first-order valence-corrected chi connectivity index (χ1v) is 1.61. The molecule has 0 spiro atoms. The summed E-state index contributed by atoms with van der Waals surface area (Å²) in [5.74, 6) is 0. The zero-order valence-corrected chi connectivity index (χ0v) is 7.81. The molecule has 1 rings (SSSR count). The molecule has 1 heterocycles. The maximum atomic E-state index is 9.98. The Hall–Kier alpha value is -0.0679. The molecule has 0 radical (unpaired) electrons. The third-order valence-corrected chi connectivity index (χ3v) is 0.513. The molecule has 0 unspecified atom stereocenters. The Morgan fingerprint density at radius 1 is 1.57 bits per heavy atom. The Balaban J connectivity index is 0.000000360. The van der Waals surface area contributed by atoms with Crippen LogP contribution in [0.4, 0.5) is 0 Å². The maximum absolute atomic E-state index is 9.98. The molecule has 0 atom stereocenters. The molecule has 3 nitrogen and oxygen atoms in total. The summed E-state index contributed by atoms with van der Waals surface area (Å²) in [7, 11) is 0. The average molecular weight is 196 g/mol. The molecule has 0 saturated heterocycles. The van der Waals surface area contributed by atoms with Gasteiger partial charge < -0.3 is 5.10 Å². The Labute approximate surface area is 60.3 Å². The van der Waals surface area contributed by atoms with Gasteiger partial charge in [0.25, 0.3) is 5.56 Å². The average Bonchev–Trinajstić information content (AvgIpc) is 1.86. The molecule has 2 N–H and O–H groups in total. The van der Waals surface area contributed by atoms with Gasteiger partial charge in [0.1, 0.15) is 0 Å². The van der Waals surface area contributed by atoms with Crippen molar-refractivity contribution in [2.75, 3.05) is 0 Å². The van der Waals surface area contributed by atoms with Gasteiger partial charge in [0.05, 0.1) is 0 Å². The van der Waals surface area contributed by atoms with E-state index >= 15 is 0 Å². The number of aromatic nitrogens is 2. The van der Waals surface area contributed by atoms with E-state index in [0.29, 0.717) is 0 Å². The van der Waals surface area contributed by atoms with Crippen molar-refractivity contribution in [2.24, 2.45) is 0 Å². The van der Waals surface area contributed by atoms with Crippen LogP contribution in [0.3, 0.4) is 0 Å². The van der Waals surface area contributed by atoms with Crippen LogP contribution < -0.4 is 5.56 Å². The fraction of sp³-hybridized carbons (Fsp3) is 0. The predicted molar refractivity (Wildman–Crippen MR) is 21.4 cm³/mol. The molecule has 7 heavy (non-hydrogen) atoms. The fourth-order valence-corrected chi connectivity index (χ4v) is 0.272. The van der Waals surface area contributed by atoms with Crippen LogP contribution in [0.2, 0.25) is 0 Å². The van der Waals surface area contributed by atoms with E-state index in [9.17, 15) is 4.79 Å². The van der Waals surface area contributed by atoms with Gasteiger partial charge in [0.2, 0.25) is 0 Å². The van der Waals surface area contributed by atoms with Crippen LogP contribution in [0.1, 0.15) is 0 Å². The van der Waals surface area contributed by atoms with Crippen molar-refractivity contribution in [2.45, 2.75) is 0 Å². The minimum absolute atomic E-state index is 0. The van der Waals surface area contributed by atoms with Crippen LogP contribution in [0.5, 0.6) is 0 Å². The first-order chi connectivity index (χ1) is 2.89. The van der Waals surface area contributed by atoms with E-state index in [1.54, 1.807) is 6.20 Å². The molecule has 0 aromatic carbocycles. The SMILES string of the molecule is O=c1cc[nH][nH]1.[Cd]. The molecule has 34 valence electrons. The number of H-pyrrole nitrogens is 2. The third-order valence-electron chi connectivity index (χ3n) is 0.513. The molecular formula is C3H4CdN2O. The molecule has 4 heteroatoms. The van der Waals surface area contributed by atoms with Crippen molar-refractivity contribution < 1.29 is 27.3 Å². The molecule has 0 fully saturated rings. The van der Waals surface area contributed by atoms with Gasteiger partial charge >= 0.3 is 0 Å². The second-order valence-corrected chi connectivity index (χ2v) is 0.967. The van der Waals surface area contributed by atoms with Gasteiger partial charge in [0, 0.05) is 39.6 Å². The van der Waals surface area contributed by atoms with E-state index in [4.69, 9.17) is 0 Å².